The van der Waals surface area contributed by atoms with Gasteiger partial charge in [0.1, 0.15) is 11.8 Å². The number of aromatic nitrogens is 5. The van der Waals surface area contributed by atoms with Crippen molar-refractivity contribution in [1.29, 1.82) is 0 Å². The van der Waals surface area contributed by atoms with Crippen molar-refractivity contribution in [2.24, 2.45) is 0 Å². The van der Waals surface area contributed by atoms with Gasteiger partial charge >= 0.3 is 0 Å². The van der Waals surface area contributed by atoms with Crippen molar-refractivity contribution < 1.29 is 9.15 Å². The summed E-state index contributed by atoms with van der Waals surface area (Å²) in [4.78, 5) is 19.0. The van der Waals surface area contributed by atoms with Crippen LogP contribution < -0.4 is 5.56 Å². The summed E-state index contributed by atoms with van der Waals surface area (Å²) < 4.78 is 13.5. The molecule has 0 spiro atoms. The van der Waals surface area contributed by atoms with Crippen LogP contribution in [0.3, 0.4) is 0 Å². The van der Waals surface area contributed by atoms with E-state index in [1.165, 1.54) is 5.56 Å². The molecule has 0 radical (unpaired) electrons. The maximum Gasteiger partial charge on any atom is 0.253 e. The van der Waals surface area contributed by atoms with Crippen molar-refractivity contribution in [3.63, 3.8) is 0 Å². The van der Waals surface area contributed by atoms with E-state index in [4.69, 9.17) is 9.15 Å². The molecule has 2 aromatic carbocycles. The van der Waals surface area contributed by atoms with Gasteiger partial charge in [0.05, 0.1) is 25.5 Å². The SMILES string of the molecule is CCc1ccc2[nH]c(=O)c(C(c3nnnn3CC3CCCO3)N(Cc3ccccc3)Cc3ccco3)cc2c1. The Balaban J connectivity index is 1.50. The van der Waals surface area contributed by atoms with E-state index >= 15 is 0 Å². The number of H-pyrrole nitrogens is 1. The number of benzene rings is 2. The van der Waals surface area contributed by atoms with Gasteiger partial charge in [0.2, 0.25) is 0 Å². The van der Waals surface area contributed by atoms with Crippen molar-refractivity contribution in [1.82, 2.24) is 30.1 Å². The lowest BCUT2D eigenvalue weighted by atomic mass is 10.0. The number of ether oxygens (including phenoxy) is 1. The summed E-state index contributed by atoms with van der Waals surface area (Å²) in [6.07, 6.45) is 4.60. The molecule has 5 aromatic rings. The lowest BCUT2D eigenvalue weighted by Crippen LogP contribution is -2.35. The van der Waals surface area contributed by atoms with E-state index in [-0.39, 0.29) is 11.7 Å². The number of fused-ring (bicyclic) bond motifs is 1. The number of pyridine rings is 1. The average molecular weight is 525 g/mol. The zero-order valence-electron chi connectivity index (χ0n) is 22.0. The van der Waals surface area contributed by atoms with Crippen LogP contribution in [0.25, 0.3) is 10.9 Å². The zero-order valence-corrected chi connectivity index (χ0v) is 22.0. The van der Waals surface area contributed by atoms with E-state index in [1.54, 1.807) is 10.9 Å². The fourth-order valence-corrected chi connectivity index (χ4v) is 5.37. The van der Waals surface area contributed by atoms with E-state index in [0.717, 1.165) is 48.1 Å². The second kappa shape index (κ2) is 11.3. The summed E-state index contributed by atoms with van der Waals surface area (Å²) in [6.45, 7) is 4.43. The minimum Gasteiger partial charge on any atom is -0.468 e. The van der Waals surface area contributed by atoms with E-state index in [1.807, 2.05) is 42.5 Å². The Hall–Kier alpha value is -4.08. The third-order valence-electron chi connectivity index (χ3n) is 7.38. The molecule has 39 heavy (non-hydrogen) atoms. The highest BCUT2D eigenvalue weighted by atomic mass is 16.5. The number of hydrogen-bond acceptors (Lipinski definition) is 7. The molecule has 0 amide bonds. The van der Waals surface area contributed by atoms with Crippen LogP contribution in [0.4, 0.5) is 0 Å². The molecule has 6 rings (SSSR count). The number of hydrogen-bond donors (Lipinski definition) is 1. The van der Waals surface area contributed by atoms with Gasteiger partial charge in [0, 0.05) is 24.2 Å². The van der Waals surface area contributed by atoms with E-state index in [2.05, 4.69) is 56.6 Å². The number of aryl methyl sites for hydroxylation is 1. The molecule has 1 aliphatic rings. The predicted molar refractivity (Wildman–Crippen MR) is 147 cm³/mol. The quantitative estimate of drug-likeness (QED) is 0.284. The van der Waals surface area contributed by atoms with Crippen LogP contribution in [0, 0.1) is 0 Å². The second-order valence-corrected chi connectivity index (χ2v) is 10.1. The molecule has 1 N–H and O–H groups in total. The zero-order chi connectivity index (χ0) is 26.6. The largest absolute Gasteiger partial charge is 0.468 e. The van der Waals surface area contributed by atoms with Crippen molar-refractivity contribution in [2.75, 3.05) is 6.61 Å². The minimum absolute atomic E-state index is 0.0440. The highest BCUT2D eigenvalue weighted by Crippen LogP contribution is 2.31. The summed E-state index contributed by atoms with van der Waals surface area (Å²) in [5.74, 6) is 1.39. The fourth-order valence-electron chi connectivity index (χ4n) is 5.37. The van der Waals surface area contributed by atoms with Gasteiger partial charge in [-0.2, -0.15) is 0 Å². The molecule has 4 heterocycles. The number of furan rings is 1. The van der Waals surface area contributed by atoms with Gasteiger partial charge in [-0.05, 0) is 76.5 Å². The molecular weight excluding hydrogens is 492 g/mol. The molecule has 0 bridgehead atoms. The van der Waals surface area contributed by atoms with Gasteiger partial charge in [0.15, 0.2) is 5.82 Å². The maximum atomic E-state index is 13.7. The Labute approximate surface area is 226 Å². The van der Waals surface area contributed by atoms with Gasteiger partial charge in [-0.3, -0.25) is 9.69 Å². The first-order chi connectivity index (χ1) is 19.2. The van der Waals surface area contributed by atoms with Crippen LogP contribution in [-0.2, 0) is 30.8 Å². The molecule has 200 valence electrons. The monoisotopic (exact) mass is 524 g/mol. The Morgan fingerprint density at radius 3 is 2.74 bits per heavy atom. The summed E-state index contributed by atoms with van der Waals surface area (Å²) in [6, 6.07) is 21.6. The third-order valence-corrected chi connectivity index (χ3v) is 7.38. The average Bonchev–Trinajstić information content (AvgIpc) is 3.75. The molecule has 2 atom stereocenters. The van der Waals surface area contributed by atoms with Crippen LogP contribution in [-0.4, -0.2) is 42.8 Å². The Bertz CT molecular complexity index is 1570. The van der Waals surface area contributed by atoms with Crippen LogP contribution >= 0.6 is 0 Å². The highest BCUT2D eigenvalue weighted by Gasteiger charge is 2.32. The van der Waals surface area contributed by atoms with Gasteiger partial charge < -0.3 is 14.1 Å². The van der Waals surface area contributed by atoms with Crippen LogP contribution in [0.2, 0.25) is 0 Å². The van der Waals surface area contributed by atoms with Gasteiger partial charge in [-0.1, -0.05) is 43.3 Å². The maximum absolute atomic E-state index is 13.7. The summed E-state index contributed by atoms with van der Waals surface area (Å²) in [5, 5.41) is 13.9. The first-order valence-corrected chi connectivity index (χ1v) is 13.5. The Kier molecular flexibility index (Phi) is 7.33. The van der Waals surface area contributed by atoms with Crippen molar-refractivity contribution in [2.45, 2.75) is 58.0 Å². The number of aromatic amines is 1. The molecule has 0 aliphatic carbocycles. The second-order valence-electron chi connectivity index (χ2n) is 10.1. The first kappa shape index (κ1) is 25.2. The molecule has 9 nitrogen and oxygen atoms in total. The molecule has 1 saturated heterocycles. The van der Waals surface area contributed by atoms with Gasteiger partial charge in [-0.25, -0.2) is 4.68 Å². The first-order valence-electron chi connectivity index (χ1n) is 13.5. The minimum atomic E-state index is -0.537. The number of nitrogens with zero attached hydrogens (tertiary/aromatic N) is 5. The number of tetrazole rings is 1. The summed E-state index contributed by atoms with van der Waals surface area (Å²) in [5.41, 5.74) is 3.54. The lowest BCUT2D eigenvalue weighted by molar-refractivity contribution is 0.0901. The smallest absolute Gasteiger partial charge is 0.253 e. The Morgan fingerprint density at radius 1 is 1.08 bits per heavy atom. The van der Waals surface area contributed by atoms with Gasteiger partial charge in [0.25, 0.3) is 5.56 Å². The van der Waals surface area contributed by atoms with Gasteiger partial charge in [-0.15, -0.1) is 5.10 Å². The molecule has 0 saturated carbocycles. The normalized spacial score (nSPS) is 16.3. The third kappa shape index (κ3) is 5.55. The molecule has 1 fully saturated rings. The molecule has 3 aromatic heterocycles. The number of rotatable bonds is 10. The van der Waals surface area contributed by atoms with Crippen LogP contribution in [0.15, 0.2) is 82.2 Å². The molecular formula is C30H32N6O3. The van der Waals surface area contributed by atoms with E-state index < -0.39 is 6.04 Å². The predicted octanol–water partition coefficient (Wildman–Crippen LogP) is 4.64. The Morgan fingerprint density at radius 2 is 1.97 bits per heavy atom. The fraction of sp³-hybridized carbons (Fsp3) is 0.333. The number of nitrogens with one attached hydrogen (secondary N) is 1. The molecule has 1 aliphatic heterocycles. The summed E-state index contributed by atoms with van der Waals surface area (Å²) >= 11 is 0. The van der Waals surface area contributed by atoms with Crippen LogP contribution in [0.5, 0.6) is 0 Å². The van der Waals surface area contributed by atoms with Crippen LogP contribution in [0.1, 0.15) is 54.1 Å². The standard InChI is InChI=1S/C30H32N6O3/c1-2-21-12-13-27-23(16-21)17-26(30(37)31-27)28(29-32-33-34-36(29)20-25-11-7-15-39-25)35(19-24-10-6-14-38-24)18-22-8-4-3-5-9-22/h3-6,8-10,12-14,16-17,25,28H,2,7,11,15,18-20H2,1H3,(H,31,37). The van der Waals surface area contributed by atoms with Crippen molar-refractivity contribution >= 4 is 10.9 Å². The van der Waals surface area contributed by atoms with Crippen molar-refractivity contribution in [3.8, 4) is 0 Å². The molecule has 9 heteroatoms. The summed E-state index contributed by atoms with van der Waals surface area (Å²) in [7, 11) is 0. The lowest BCUT2D eigenvalue weighted by Gasteiger charge is -2.30. The highest BCUT2D eigenvalue weighted by molar-refractivity contribution is 5.80. The van der Waals surface area contributed by atoms with E-state index in [9.17, 15) is 4.79 Å². The molecule has 2 unspecified atom stereocenters. The van der Waals surface area contributed by atoms with Crippen molar-refractivity contribution in [3.05, 3.63) is 112 Å². The topological polar surface area (TPSA) is 102 Å². The van der Waals surface area contributed by atoms with E-state index in [0.29, 0.717) is 31.0 Å².